The van der Waals surface area contributed by atoms with Gasteiger partial charge >= 0.3 is 5.97 Å². The summed E-state index contributed by atoms with van der Waals surface area (Å²) in [6, 6.07) is 20.3. The molecule has 9 heteroatoms. The minimum Gasteiger partial charge on any atom is -0.480 e. The summed E-state index contributed by atoms with van der Waals surface area (Å²) in [4.78, 5) is 38.2. The molecule has 172 valence electrons. The maximum Gasteiger partial charge on any atom is 0.323 e. The number of rotatable bonds is 9. The molecule has 0 aliphatic carbocycles. The molecule has 0 saturated carbocycles. The largest absolute Gasteiger partial charge is 0.480 e. The third-order valence-corrected chi connectivity index (χ3v) is 6.53. The first-order chi connectivity index (χ1) is 15.7. The van der Waals surface area contributed by atoms with Gasteiger partial charge < -0.3 is 10.0 Å². The Hall–Kier alpha value is -3.72. The molecule has 0 bridgehead atoms. The Morgan fingerprint density at radius 3 is 2.21 bits per heavy atom. The number of nitrogens with zero attached hydrogens (tertiary/aromatic N) is 1. The molecule has 1 atom stereocenters. The van der Waals surface area contributed by atoms with Gasteiger partial charge in [0.1, 0.15) is 12.5 Å². The van der Waals surface area contributed by atoms with Gasteiger partial charge in [-0.3, -0.25) is 14.4 Å². The van der Waals surface area contributed by atoms with Crippen molar-refractivity contribution in [1.82, 2.24) is 9.62 Å². The van der Waals surface area contributed by atoms with Crippen LogP contribution in [0.25, 0.3) is 10.8 Å². The van der Waals surface area contributed by atoms with Gasteiger partial charge in [-0.05, 0) is 41.8 Å². The van der Waals surface area contributed by atoms with Gasteiger partial charge in [-0.2, -0.15) is 0 Å². The van der Waals surface area contributed by atoms with Crippen LogP contribution >= 0.6 is 0 Å². The van der Waals surface area contributed by atoms with Gasteiger partial charge in [0.05, 0.1) is 4.90 Å². The topological polar surface area (TPSA) is 121 Å². The van der Waals surface area contributed by atoms with E-state index in [1.165, 1.54) is 12.1 Å². The molecular weight excluding hydrogens is 444 g/mol. The lowest BCUT2D eigenvalue weighted by molar-refractivity contribution is -0.148. The molecule has 3 rings (SSSR count). The van der Waals surface area contributed by atoms with Gasteiger partial charge in [-0.25, -0.2) is 13.1 Å². The van der Waals surface area contributed by atoms with Gasteiger partial charge in [0.15, 0.2) is 0 Å². The van der Waals surface area contributed by atoms with E-state index in [1.54, 1.807) is 55.5 Å². The Morgan fingerprint density at radius 1 is 0.939 bits per heavy atom. The fourth-order valence-electron chi connectivity index (χ4n) is 3.47. The van der Waals surface area contributed by atoms with Crippen molar-refractivity contribution in [3.63, 3.8) is 0 Å². The number of carbonyl (C=O) groups excluding carboxylic acids is 2. The van der Waals surface area contributed by atoms with E-state index < -0.39 is 40.3 Å². The second-order valence-corrected chi connectivity index (χ2v) is 9.15. The zero-order valence-electron chi connectivity index (χ0n) is 18.0. The molecule has 2 N–H and O–H groups in total. The maximum atomic E-state index is 13.1. The standard InChI is InChI=1S/C24H24N2O6S/c1-2-26(16-22(27)28)24(30)21(14-17-8-4-3-5-9-17)23(29)25-33(31,32)20-13-12-18-10-6-7-11-19(18)15-20/h3-13,15,21H,2,14,16H2,1H3,(H,25,29)(H,27,28). The van der Waals surface area contributed by atoms with Crippen LogP contribution in [-0.4, -0.2) is 49.3 Å². The molecule has 3 aromatic carbocycles. The number of carbonyl (C=O) groups is 3. The van der Waals surface area contributed by atoms with E-state index in [9.17, 15) is 22.8 Å². The van der Waals surface area contributed by atoms with E-state index in [-0.39, 0.29) is 17.9 Å². The smallest absolute Gasteiger partial charge is 0.323 e. The van der Waals surface area contributed by atoms with Crippen molar-refractivity contribution in [3.8, 4) is 0 Å². The monoisotopic (exact) mass is 468 g/mol. The molecule has 1 unspecified atom stereocenters. The van der Waals surface area contributed by atoms with Gasteiger partial charge in [-0.15, -0.1) is 0 Å². The number of nitrogens with one attached hydrogen (secondary N) is 1. The predicted molar refractivity (Wildman–Crippen MR) is 123 cm³/mol. The molecular formula is C24H24N2O6S. The first kappa shape index (κ1) is 23.9. The number of hydrogen-bond donors (Lipinski definition) is 2. The third kappa shape index (κ3) is 5.95. The van der Waals surface area contributed by atoms with Crippen molar-refractivity contribution in [3.05, 3.63) is 78.4 Å². The highest BCUT2D eigenvalue weighted by molar-refractivity contribution is 7.90. The Labute approximate surface area is 191 Å². The Balaban J connectivity index is 1.90. The third-order valence-electron chi connectivity index (χ3n) is 5.18. The van der Waals surface area contributed by atoms with Crippen molar-refractivity contribution in [2.24, 2.45) is 5.92 Å². The van der Waals surface area contributed by atoms with Crippen LogP contribution in [0.3, 0.4) is 0 Å². The van der Waals surface area contributed by atoms with Crippen molar-refractivity contribution >= 4 is 38.6 Å². The van der Waals surface area contributed by atoms with Crippen LogP contribution in [0, 0.1) is 5.92 Å². The average molecular weight is 469 g/mol. The first-order valence-corrected chi connectivity index (χ1v) is 11.8. The summed E-state index contributed by atoms with van der Waals surface area (Å²) in [5, 5.41) is 10.6. The highest BCUT2D eigenvalue weighted by Gasteiger charge is 2.34. The molecule has 0 radical (unpaired) electrons. The average Bonchev–Trinajstić information content (AvgIpc) is 2.80. The SMILES string of the molecule is CCN(CC(=O)O)C(=O)C(Cc1ccccc1)C(=O)NS(=O)(=O)c1ccc2ccccc2c1. The Morgan fingerprint density at radius 2 is 1.58 bits per heavy atom. The lowest BCUT2D eigenvalue weighted by atomic mass is 9.97. The van der Waals surface area contributed by atoms with Crippen LogP contribution < -0.4 is 4.72 Å². The van der Waals surface area contributed by atoms with Crippen molar-refractivity contribution in [2.75, 3.05) is 13.1 Å². The molecule has 0 fully saturated rings. The number of benzene rings is 3. The normalized spacial score (nSPS) is 12.2. The zero-order valence-corrected chi connectivity index (χ0v) is 18.8. The minimum atomic E-state index is -4.26. The molecule has 0 aliphatic rings. The Bertz CT molecular complexity index is 1270. The molecule has 8 nitrogen and oxygen atoms in total. The van der Waals surface area contributed by atoms with Gasteiger partial charge in [0.25, 0.3) is 10.0 Å². The quantitative estimate of drug-likeness (QED) is 0.466. The van der Waals surface area contributed by atoms with E-state index in [4.69, 9.17) is 5.11 Å². The van der Waals surface area contributed by atoms with Crippen LogP contribution in [0.5, 0.6) is 0 Å². The molecule has 0 aliphatic heterocycles. The summed E-state index contributed by atoms with van der Waals surface area (Å²) >= 11 is 0. The van der Waals surface area contributed by atoms with Crippen molar-refractivity contribution in [1.29, 1.82) is 0 Å². The van der Waals surface area contributed by atoms with E-state index in [2.05, 4.69) is 0 Å². The lowest BCUT2D eigenvalue weighted by Crippen LogP contribution is -2.47. The van der Waals surface area contributed by atoms with Crippen LogP contribution in [-0.2, 0) is 30.8 Å². The van der Waals surface area contributed by atoms with E-state index in [1.807, 2.05) is 16.9 Å². The number of sulfonamides is 1. The second-order valence-electron chi connectivity index (χ2n) is 7.47. The lowest BCUT2D eigenvalue weighted by Gasteiger charge is -2.24. The van der Waals surface area contributed by atoms with Crippen LogP contribution in [0.1, 0.15) is 12.5 Å². The molecule has 0 saturated heterocycles. The number of hydrogen-bond acceptors (Lipinski definition) is 5. The van der Waals surface area contributed by atoms with E-state index >= 15 is 0 Å². The fraction of sp³-hybridized carbons (Fsp3) is 0.208. The van der Waals surface area contributed by atoms with Gasteiger partial charge in [-0.1, -0.05) is 60.7 Å². The van der Waals surface area contributed by atoms with Gasteiger partial charge in [0.2, 0.25) is 11.8 Å². The minimum absolute atomic E-state index is 0.0567. The first-order valence-electron chi connectivity index (χ1n) is 10.3. The number of likely N-dealkylation sites (N-methyl/N-ethyl adjacent to an activating group) is 1. The summed E-state index contributed by atoms with van der Waals surface area (Å²) in [6.45, 7) is 1.05. The highest BCUT2D eigenvalue weighted by atomic mass is 32.2. The fourth-order valence-corrected chi connectivity index (χ4v) is 4.52. The predicted octanol–water partition coefficient (Wildman–Crippen LogP) is 2.44. The number of carboxylic acids is 1. The summed E-state index contributed by atoms with van der Waals surface area (Å²) < 4.78 is 27.9. The van der Waals surface area contributed by atoms with Crippen molar-refractivity contribution in [2.45, 2.75) is 18.2 Å². The second kappa shape index (κ2) is 10.3. The molecule has 0 heterocycles. The van der Waals surface area contributed by atoms with Crippen LogP contribution in [0.4, 0.5) is 0 Å². The summed E-state index contributed by atoms with van der Waals surface area (Å²) in [5.41, 5.74) is 0.639. The molecule has 3 aromatic rings. The number of carboxylic acid groups (broad SMARTS) is 1. The Kier molecular flexibility index (Phi) is 7.44. The molecule has 0 aromatic heterocycles. The maximum absolute atomic E-state index is 13.1. The number of fused-ring (bicyclic) bond motifs is 1. The summed E-state index contributed by atoms with van der Waals surface area (Å²) in [6.07, 6.45) is -0.0745. The van der Waals surface area contributed by atoms with Crippen molar-refractivity contribution < 1.29 is 27.9 Å². The van der Waals surface area contributed by atoms with Crippen LogP contribution in [0.2, 0.25) is 0 Å². The number of aliphatic carboxylic acids is 1. The highest BCUT2D eigenvalue weighted by Crippen LogP contribution is 2.20. The summed E-state index contributed by atoms with van der Waals surface area (Å²) in [5.74, 6) is -4.41. The molecule has 0 spiro atoms. The zero-order chi connectivity index (χ0) is 24.0. The molecule has 33 heavy (non-hydrogen) atoms. The molecule has 2 amide bonds. The summed E-state index contributed by atoms with van der Waals surface area (Å²) in [7, 11) is -4.26. The number of amides is 2. The van der Waals surface area contributed by atoms with Crippen LogP contribution in [0.15, 0.2) is 77.7 Å². The van der Waals surface area contributed by atoms with Gasteiger partial charge in [0, 0.05) is 6.54 Å². The van der Waals surface area contributed by atoms with E-state index in [0.717, 1.165) is 10.3 Å². The van der Waals surface area contributed by atoms with E-state index in [0.29, 0.717) is 10.9 Å².